The lowest BCUT2D eigenvalue weighted by atomic mass is 9.93. The minimum absolute atomic E-state index is 0.581. The Bertz CT molecular complexity index is 2880. The summed E-state index contributed by atoms with van der Waals surface area (Å²) in [6, 6.07) is 76.9. The summed E-state index contributed by atoms with van der Waals surface area (Å²) in [7, 11) is 0. The molecule has 0 unspecified atom stereocenters. The van der Waals surface area contributed by atoms with E-state index in [0.717, 1.165) is 78.1 Å². The zero-order valence-corrected chi connectivity index (χ0v) is 32.6. The molecular formula is C55H37N5. The number of nitrogens with zero attached hydrogens (tertiary/aromatic N) is 5. The highest BCUT2D eigenvalue weighted by atomic mass is 15.0. The predicted molar refractivity (Wildman–Crippen MR) is 244 cm³/mol. The largest absolute Gasteiger partial charge is 0.228 e. The average molecular weight is 768 g/mol. The van der Waals surface area contributed by atoms with Crippen LogP contribution in [0.5, 0.6) is 0 Å². The Morgan fingerprint density at radius 3 is 0.983 bits per heavy atom. The van der Waals surface area contributed by atoms with Crippen LogP contribution in [-0.4, -0.2) is 24.9 Å². The van der Waals surface area contributed by atoms with Gasteiger partial charge < -0.3 is 0 Å². The normalized spacial score (nSPS) is 11.0. The second kappa shape index (κ2) is 16.4. The van der Waals surface area contributed by atoms with Gasteiger partial charge in [-0.15, -0.1) is 0 Å². The fourth-order valence-corrected chi connectivity index (χ4v) is 7.55. The Morgan fingerprint density at radius 1 is 0.183 bits per heavy atom. The molecule has 0 aliphatic carbocycles. The van der Waals surface area contributed by atoms with Crippen LogP contribution in [0.1, 0.15) is 0 Å². The van der Waals surface area contributed by atoms with Crippen molar-refractivity contribution >= 4 is 0 Å². The van der Waals surface area contributed by atoms with Crippen LogP contribution in [0.15, 0.2) is 224 Å². The third kappa shape index (κ3) is 7.51. The van der Waals surface area contributed by atoms with E-state index in [1.807, 2.05) is 54.6 Å². The Labute approximate surface area is 349 Å². The minimum Gasteiger partial charge on any atom is -0.228 e. The van der Waals surface area contributed by atoms with E-state index in [0.29, 0.717) is 23.3 Å². The van der Waals surface area contributed by atoms with Crippen LogP contribution < -0.4 is 0 Å². The van der Waals surface area contributed by atoms with Gasteiger partial charge in [0.25, 0.3) is 0 Å². The maximum absolute atomic E-state index is 5.22. The number of rotatable bonds is 9. The molecule has 60 heavy (non-hydrogen) atoms. The topological polar surface area (TPSA) is 64.5 Å². The van der Waals surface area contributed by atoms with Crippen LogP contribution in [0.3, 0.4) is 0 Å². The molecule has 5 heteroatoms. The van der Waals surface area contributed by atoms with E-state index in [-0.39, 0.29) is 0 Å². The molecule has 2 aromatic heterocycles. The van der Waals surface area contributed by atoms with E-state index in [4.69, 9.17) is 24.9 Å². The average Bonchev–Trinajstić information content (AvgIpc) is 3.35. The summed E-state index contributed by atoms with van der Waals surface area (Å²) in [6.45, 7) is 0. The Morgan fingerprint density at radius 2 is 0.483 bits per heavy atom. The van der Waals surface area contributed by atoms with Crippen LogP contribution in [0, 0.1) is 0 Å². The summed E-state index contributed by atoms with van der Waals surface area (Å²) < 4.78 is 0. The van der Waals surface area contributed by atoms with Gasteiger partial charge in [-0.1, -0.05) is 218 Å². The van der Waals surface area contributed by atoms with Gasteiger partial charge in [0.15, 0.2) is 23.3 Å². The van der Waals surface area contributed by atoms with E-state index in [1.165, 1.54) is 0 Å². The molecule has 2 heterocycles. The molecule has 282 valence electrons. The highest BCUT2D eigenvalue weighted by molar-refractivity contribution is 5.91. The van der Waals surface area contributed by atoms with Crippen LogP contribution in [0.4, 0.5) is 0 Å². The highest BCUT2D eigenvalue weighted by Crippen LogP contribution is 2.39. The van der Waals surface area contributed by atoms with Crippen molar-refractivity contribution in [1.29, 1.82) is 0 Å². The standard InChI is InChI=1S/C55H37N5/c1-5-17-38(18-6-1)40-29-33-44(34-30-40)53-58-54(45-35-31-41(32-36-45)39-19-7-2-8-20-39)60-55(59-53)49-28-16-14-26-47(49)46-25-13-15-27-48(46)51-37-50(42-21-9-3-10-22-42)56-52(57-51)43-23-11-4-12-24-43/h1-37H. The quantitative estimate of drug-likeness (QED) is 0.146. The number of hydrogen-bond acceptors (Lipinski definition) is 5. The van der Waals surface area contributed by atoms with Crippen LogP contribution in [0.25, 0.3) is 101 Å². The summed E-state index contributed by atoms with van der Waals surface area (Å²) in [6.07, 6.45) is 0. The van der Waals surface area contributed by atoms with Crippen LogP contribution >= 0.6 is 0 Å². The lowest BCUT2D eigenvalue weighted by molar-refractivity contribution is 1.07. The fraction of sp³-hybridized carbons (Fsp3) is 0. The highest BCUT2D eigenvalue weighted by Gasteiger charge is 2.19. The predicted octanol–water partition coefficient (Wildman–Crippen LogP) is 13.7. The van der Waals surface area contributed by atoms with Gasteiger partial charge in [-0.3, -0.25) is 0 Å². The first-order valence-electron chi connectivity index (χ1n) is 20.0. The maximum Gasteiger partial charge on any atom is 0.164 e. The summed E-state index contributed by atoms with van der Waals surface area (Å²) in [5, 5.41) is 0. The summed E-state index contributed by atoms with van der Waals surface area (Å²) in [5.74, 6) is 2.44. The third-order valence-electron chi connectivity index (χ3n) is 10.6. The van der Waals surface area contributed by atoms with Gasteiger partial charge in [0.05, 0.1) is 11.4 Å². The number of hydrogen-bond donors (Lipinski definition) is 0. The molecule has 0 saturated heterocycles. The number of aromatic nitrogens is 5. The van der Waals surface area contributed by atoms with Crippen molar-refractivity contribution in [3.8, 4) is 101 Å². The minimum atomic E-state index is 0.581. The second-order valence-electron chi connectivity index (χ2n) is 14.5. The van der Waals surface area contributed by atoms with E-state index in [1.54, 1.807) is 0 Å². The molecule has 0 saturated carbocycles. The molecule has 0 spiro atoms. The van der Waals surface area contributed by atoms with Gasteiger partial charge in [0, 0.05) is 33.4 Å². The van der Waals surface area contributed by atoms with E-state index in [9.17, 15) is 0 Å². The first-order chi connectivity index (χ1) is 29.7. The van der Waals surface area contributed by atoms with Gasteiger partial charge in [-0.25, -0.2) is 24.9 Å². The van der Waals surface area contributed by atoms with Crippen molar-refractivity contribution in [3.05, 3.63) is 224 Å². The zero-order chi connectivity index (χ0) is 40.1. The van der Waals surface area contributed by atoms with E-state index < -0.39 is 0 Å². The summed E-state index contributed by atoms with van der Waals surface area (Å²) in [4.78, 5) is 25.8. The molecule has 0 fully saturated rings. The molecule has 0 atom stereocenters. The van der Waals surface area contributed by atoms with E-state index in [2.05, 4.69) is 170 Å². The van der Waals surface area contributed by atoms with Crippen molar-refractivity contribution in [2.75, 3.05) is 0 Å². The molecule has 10 rings (SSSR count). The first kappa shape index (κ1) is 36.2. The smallest absolute Gasteiger partial charge is 0.164 e. The molecule has 0 aliphatic rings. The zero-order valence-electron chi connectivity index (χ0n) is 32.6. The number of benzene rings is 8. The Kier molecular flexibility index (Phi) is 9.88. The van der Waals surface area contributed by atoms with Crippen molar-refractivity contribution in [1.82, 2.24) is 24.9 Å². The SMILES string of the molecule is c1ccc(-c2ccc(-c3nc(-c4ccc(-c5ccccc5)cc4)nc(-c4ccccc4-c4ccccc4-c4cc(-c5ccccc5)nc(-c5ccccc5)n4)n3)cc2)cc1. The summed E-state index contributed by atoms with van der Waals surface area (Å²) in [5.41, 5.74) is 13.9. The van der Waals surface area contributed by atoms with Crippen LogP contribution in [0.2, 0.25) is 0 Å². The van der Waals surface area contributed by atoms with Gasteiger partial charge in [-0.2, -0.15) is 0 Å². The Balaban J connectivity index is 1.12. The van der Waals surface area contributed by atoms with Gasteiger partial charge in [0.1, 0.15) is 0 Å². The first-order valence-corrected chi connectivity index (χ1v) is 20.0. The molecule has 8 aromatic carbocycles. The van der Waals surface area contributed by atoms with Gasteiger partial charge in [0.2, 0.25) is 0 Å². The monoisotopic (exact) mass is 767 g/mol. The molecule has 0 N–H and O–H groups in total. The van der Waals surface area contributed by atoms with Crippen LogP contribution in [-0.2, 0) is 0 Å². The maximum atomic E-state index is 5.22. The molecule has 0 aliphatic heterocycles. The van der Waals surface area contributed by atoms with Crippen molar-refractivity contribution < 1.29 is 0 Å². The van der Waals surface area contributed by atoms with Crippen molar-refractivity contribution in [3.63, 3.8) is 0 Å². The lowest BCUT2D eigenvalue weighted by Crippen LogP contribution is -2.01. The fourth-order valence-electron chi connectivity index (χ4n) is 7.55. The molecule has 10 aromatic rings. The third-order valence-corrected chi connectivity index (χ3v) is 10.6. The summed E-state index contributed by atoms with van der Waals surface area (Å²) >= 11 is 0. The Hall–Kier alpha value is -8.15. The molecule has 0 amide bonds. The molecule has 0 radical (unpaired) electrons. The lowest BCUT2D eigenvalue weighted by Gasteiger charge is -2.16. The van der Waals surface area contributed by atoms with E-state index >= 15 is 0 Å². The molecular weight excluding hydrogens is 731 g/mol. The molecule has 0 bridgehead atoms. The van der Waals surface area contributed by atoms with Gasteiger partial charge in [-0.05, 0) is 39.4 Å². The second-order valence-corrected chi connectivity index (χ2v) is 14.5. The van der Waals surface area contributed by atoms with Crippen molar-refractivity contribution in [2.45, 2.75) is 0 Å². The van der Waals surface area contributed by atoms with Crippen molar-refractivity contribution in [2.24, 2.45) is 0 Å². The van der Waals surface area contributed by atoms with Gasteiger partial charge >= 0.3 is 0 Å². The molecule has 5 nitrogen and oxygen atoms in total.